The highest BCUT2D eigenvalue weighted by atomic mass is 32.1. The molecular formula is C12H16N2O2S. The first-order valence-corrected chi connectivity index (χ1v) is 6.59. The Morgan fingerprint density at radius 1 is 1.47 bits per heavy atom. The molecule has 1 amide bonds. The zero-order valence-electron chi connectivity index (χ0n) is 9.59. The number of carbonyl (C=O) groups is 2. The molecule has 0 spiro atoms. The average molecular weight is 252 g/mol. The van der Waals surface area contributed by atoms with Crippen molar-refractivity contribution in [3.63, 3.8) is 0 Å². The molecule has 0 radical (unpaired) electrons. The topological polar surface area (TPSA) is 63.4 Å². The summed E-state index contributed by atoms with van der Waals surface area (Å²) in [4.78, 5) is 24.5. The third-order valence-corrected chi connectivity index (χ3v) is 4.22. The van der Waals surface area contributed by atoms with Gasteiger partial charge in [-0.3, -0.25) is 9.59 Å². The number of thiophene rings is 1. The Labute approximate surface area is 104 Å². The minimum Gasteiger partial charge on any atom is -0.370 e. The maximum atomic E-state index is 10.8. The highest BCUT2D eigenvalue weighted by Gasteiger charge is 2.21. The second-order valence-electron chi connectivity index (χ2n) is 4.39. The molecule has 92 valence electrons. The number of hydrogen-bond donors (Lipinski definition) is 1. The smallest absolute Gasteiger partial charge is 0.217 e. The minimum atomic E-state index is -0.206. The molecule has 0 aliphatic carbocycles. The van der Waals surface area contributed by atoms with Crippen molar-refractivity contribution < 1.29 is 9.59 Å². The van der Waals surface area contributed by atoms with E-state index in [1.165, 1.54) is 11.3 Å². The molecule has 1 aromatic heterocycles. The Bertz CT molecular complexity index is 408. The molecule has 1 aliphatic rings. The predicted octanol–water partition coefficient (Wildman–Crippen LogP) is 1.65. The number of hydrogen-bond acceptors (Lipinski definition) is 4. The summed E-state index contributed by atoms with van der Waals surface area (Å²) in [6.07, 6.45) is 3.38. The first-order chi connectivity index (χ1) is 8.19. The molecule has 2 N–H and O–H groups in total. The molecule has 2 heterocycles. The van der Waals surface area contributed by atoms with Gasteiger partial charge in [-0.2, -0.15) is 0 Å². The number of aldehydes is 1. The van der Waals surface area contributed by atoms with Gasteiger partial charge in [0.15, 0.2) is 6.29 Å². The van der Waals surface area contributed by atoms with Crippen molar-refractivity contribution in [3.8, 4) is 0 Å². The summed E-state index contributed by atoms with van der Waals surface area (Å²) < 4.78 is 0. The SMILES string of the molecule is NC(=O)CC1CCN(c2ccc(C=O)s2)CC1. The van der Waals surface area contributed by atoms with E-state index in [4.69, 9.17) is 5.73 Å². The van der Waals surface area contributed by atoms with E-state index in [9.17, 15) is 9.59 Å². The van der Waals surface area contributed by atoms with Crippen molar-refractivity contribution in [2.75, 3.05) is 18.0 Å². The molecule has 0 saturated carbocycles. The Morgan fingerprint density at radius 3 is 2.71 bits per heavy atom. The molecule has 1 saturated heterocycles. The largest absolute Gasteiger partial charge is 0.370 e. The lowest BCUT2D eigenvalue weighted by Gasteiger charge is -2.32. The normalized spacial score (nSPS) is 17.1. The van der Waals surface area contributed by atoms with E-state index in [-0.39, 0.29) is 5.91 Å². The van der Waals surface area contributed by atoms with Crippen LogP contribution in [0.5, 0.6) is 0 Å². The monoisotopic (exact) mass is 252 g/mol. The Balaban J connectivity index is 1.90. The quantitative estimate of drug-likeness (QED) is 0.829. The van der Waals surface area contributed by atoms with E-state index in [0.717, 1.165) is 42.1 Å². The molecule has 2 rings (SSSR count). The molecule has 0 unspecified atom stereocenters. The molecule has 0 atom stereocenters. The van der Waals surface area contributed by atoms with Crippen LogP contribution in [-0.2, 0) is 4.79 Å². The molecule has 1 fully saturated rings. The lowest BCUT2D eigenvalue weighted by Crippen LogP contribution is -2.34. The van der Waals surface area contributed by atoms with Crippen molar-refractivity contribution in [3.05, 3.63) is 17.0 Å². The lowest BCUT2D eigenvalue weighted by molar-refractivity contribution is -0.119. The van der Waals surface area contributed by atoms with Crippen LogP contribution in [0.4, 0.5) is 5.00 Å². The number of anilines is 1. The third kappa shape index (κ3) is 3.06. The summed E-state index contributed by atoms with van der Waals surface area (Å²) in [5, 5.41) is 1.14. The van der Waals surface area contributed by atoms with E-state index in [0.29, 0.717) is 12.3 Å². The summed E-state index contributed by atoms with van der Waals surface area (Å²) >= 11 is 1.52. The number of rotatable bonds is 4. The van der Waals surface area contributed by atoms with Crippen LogP contribution in [-0.4, -0.2) is 25.3 Å². The second kappa shape index (κ2) is 5.31. The summed E-state index contributed by atoms with van der Waals surface area (Å²) in [5.41, 5.74) is 5.20. The summed E-state index contributed by atoms with van der Waals surface area (Å²) in [6.45, 7) is 1.88. The predicted molar refractivity (Wildman–Crippen MR) is 68.5 cm³/mol. The van der Waals surface area contributed by atoms with Gasteiger partial charge in [-0.15, -0.1) is 11.3 Å². The van der Waals surface area contributed by atoms with Crippen LogP contribution in [0.2, 0.25) is 0 Å². The molecule has 1 aromatic rings. The second-order valence-corrected chi connectivity index (χ2v) is 5.49. The number of nitrogens with two attached hydrogens (primary N) is 1. The van der Waals surface area contributed by atoms with Gasteiger partial charge >= 0.3 is 0 Å². The van der Waals surface area contributed by atoms with Crippen molar-refractivity contribution in [1.29, 1.82) is 0 Å². The van der Waals surface area contributed by atoms with E-state index in [1.54, 1.807) is 0 Å². The van der Waals surface area contributed by atoms with Crippen molar-refractivity contribution in [2.24, 2.45) is 11.7 Å². The molecule has 17 heavy (non-hydrogen) atoms. The number of carbonyl (C=O) groups excluding carboxylic acids is 2. The fourth-order valence-electron chi connectivity index (χ4n) is 2.22. The van der Waals surface area contributed by atoms with E-state index in [2.05, 4.69) is 4.90 Å². The number of amides is 1. The molecule has 5 heteroatoms. The van der Waals surface area contributed by atoms with Gasteiger partial charge in [0, 0.05) is 19.5 Å². The van der Waals surface area contributed by atoms with Crippen LogP contribution in [0.1, 0.15) is 28.9 Å². The number of piperidine rings is 1. The number of primary amides is 1. The molecule has 1 aliphatic heterocycles. The Morgan fingerprint density at radius 2 is 2.18 bits per heavy atom. The minimum absolute atomic E-state index is 0.206. The maximum absolute atomic E-state index is 10.8. The third-order valence-electron chi connectivity index (χ3n) is 3.14. The Hall–Kier alpha value is -1.36. The van der Waals surface area contributed by atoms with Crippen LogP contribution < -0.4 is 10.6 Å². The first-order valence-electron chi connectivity index (χ1n) is 5.77. The van der Waals surface area contributed by atoms with Crippen molar-refractivity contribution in [1.82, 2.24) is 0 Å². The highest BCUT2D eigenvalue weighted by molar-refractivity contribution is 7.17. The van der Waals surface area contributed by atoms with Crippen LogP contribution in [0.3, 0.4) is 0 Å². The summed E-state index contributed by atoms with van der Waals surface area (Å²) in [5.74, 6) is 0.220. The van der Waals surface area contributed by atoms with Crippen molar-refractivity contribution >= 4 is 28.5 Å². The highest BCUT2D eigenvalue weighted by Crippen LogP contribution is 2.30. The summed E-state index contributed by atoms with van der Waals surface area (Å²) in [6, 6.07) is 3.84. The first kappa shape index (κ1) is 12.1. The summed E-state index contributed by atoms with van der Waals surface area (Å²) in [7, 11) is 0. The van der Waals surface area contributed by atoms with E-state index >= 15 is 0 Å². The molecule has 0 aromatic carbocycles. The van der Waals surface area contributed by atoms with Crippen LogP contribution >= 0.6 is 11.3 Å². The van der Waals surface area contributed by atoms with E-state index < -0.39 is 0 Å². The molecule has 4 nitrogen and oxygen atoms in total. The van der Waals surface area contributed by atoms with Crippen LogP contribution in [0.25, 0.3) is 0 Å². The maximum Gasteiger partial charge on any atom is 0.217 e. The van der Waals surface area contributed by atoms with Crippen molar-refractivity contribution in [2.45, 2.75) is 19.3 Å². The Kier molecular flexibility index (Phi) is 3.78. The molecular weight excluding hydrogens is 236 g/mol. The lowest BCUT2D eigenvalue weighted by atomic mass is 9.93. The van der Waals surface area contributed by atoms with Crippen LogP contribution in [0.15, 0.2) is 12.1 Å². The van der Waals surface area contributed by atoms with Gasteiger partial charge in [0.1, 0.15) is 0 Å². The fraction of sp³-hybridized carbons (Fsp3) is 0.500. The van der Waals surface area contributed by atoms with Gasteiger partial charge in [0.25, 0.3) is 0 Å². The van der Waals surface area contributed by atoms with Gasteiger partial charge in [0.2, 0.25) is 5.91 Å². The number of nitrogens with zero attached hydrogens (tertiary/aromatic N) is 1. The van der Waals surface area contributed by atoms with Gasteiger partial charge in [-0.25, -0.2) is 0 Å². The average Bonchev–Trinajstić information content (AvgIpc) is 2.78. The fourth-order valence-corrected chi connectivity index (χ4v) is 3.09. The zero-order chi connectivity index (χ0) is 12.3. The van der Waals surface area contributed by atoms with Gasteiger partial charge in [0.05, 0.1) is 9.88 Å². The standard InChI is InChI=1S/C12H16N2O2S/c13-11(16)7-9-3-5-14(6-4-9)12-2-1-10(8-15)17-12/h1-2,8-9H,3-7H2,(H2,13,16). The zero-order valence-corrected chi connectivity index (χ0v) is 10.4. The van der Waals surface area contributed by atoms with Gasteiger partial charge < -0.3 is 10.6 Å². The van der Waals surface area contributed by atoms with Gasteiger partial charge in [-0.1, -0.05) is 0 Å². The van der Waals surface area contributed by atoms with Crippen LogP contribution in [0, 0.1) is 5.92 Å². The van der Waals surface area contributed by atoms with E-state index in [1.807, 2.05) is 12.1 Å². The van der Waals surface area contributed by atoms with Gasteiger partial charge in [-0.05, 0) is 30.9 Å². The molecule has 0 bridgehead atoms.